The molecule has 0 fully saturated rings. The van der Waals surface area contributed by atoms with Crippen LogP contribution >= 0.6 is 0 Å². The van der Waals surface area contributed by atoms with Gasteiger partial charge in [-0.1, -0.05) is 13.8 Å². The maximum Gasteiger partial charge on any atom is 0.325 e. The first-order valence-electron chi connectivity index (χ1n) is 7.06. The molecular formula is C13H24N4O6. The number of rotatable bonds is 9. The molecule has 0 aliphatic heterocycles. The third kappa shape index (κ3) is 7.56. The number of aliphatic carboxylic acids is 1. The van der Waals surface area contributed by atoms with Gasteiger partial charge in [0.15, 0.2) is 0 Å². The molecule has 0 rings (SSSR count). The molecule has 0 saturated heterocycles. The Morgan fingerprint density at radius 2 is 1.61 bits per heavy atom. The van der Waals surface area contributed by atoms with Gasteiger partial charge >= 0.3 is 5.97 Å². The van der Waals surface area contributed by atoms with Crippen LogP contribution in [0.2, 0.25) is 0 Å². The number of aliphatic hydroxyl groups excluding tert-OH is 1. The van der Waals surface area contributed by atoms with Crippen LogP contribution in [0.3, 0.4) is 0 Å². The number of nitrogens with one attached hydrogen (secondary N) is 3. The van der Waals surface area contributed by atoms with Gasteiger partial charge in [0.1, 0.15) is 18.1 Å². The van der Waals surface area contributed by atoms with E-state index in [2.05, 4.69) is 16.0 Å². The van der Waals surface area contributed by atoms with E-state index in [1.165, 1.54) is 6.92 Å². The molecule has 3 atom stereocenters. The predicted octanol–water partition coefficient (Wildman–Crippen LogP) is -2.85. The van der Waals surface area contributed by atoms with Gasteiger partial charge in [0.25, 0.3) is 0 Å². The number of carbonyl (C=O) groups is 4. The third-order valence-electron chi connectivity index (χ3n) is 2.95. The molecule has 3 unspecified atom stereocenters. The smallest absolute Gasteiger partial charge is 0.325 e. The average molecular weight is 332 g/mol. The summed E-state index contributed by atoms with van der Waals surface area (Å²) < 4.78 is 0. The summed E-state index contributed by atoms with van der Waals surface area (Å²) >= 11 is 0. The van der Waals surface area contributed by atoms with E-state index in [1.807, 2.05) is 0 Å². The van der Waals surface area contributed by atoms with Crippen molar-refractivity contribution < 1.29 is 29.4 Å². The van der Waals surface area contributed by atoms with Crippen LogP contribution in [0.5, 0.6) is 0 Å². The number of nitrogens with two attached hydrogens (primary N) is 1. The van der Waals surface area contributed by atoms with E-state index in [9.17, 15) is 19.2 Å². The second-order valence-electron chi connectivity index (χ2n) is 5.36. The van der Waals surface area contributed by atoms with Gasteiger partial charge in [-0.15, -0.1) is 0 Å². The van der Waals surface area contributed by atoms with Crippen molar-refractivity contribution in [3.63, 3.8) is 0 Å². The van der Waals surface area contributed by atoms with Crippen LogP contribution in [0.25, 0.3) is 0 Å². The number of carbonyl (C=O) groups excluding carboxylic acids is 3. The molecule has 0 radical (unpaired) electrons. The summed E-state index contributed by atoms with van der Waals surface area (Å²) in [6.45, 7) is 3.68. The normalized spacial score (nSPS) is 14.5. The first-order valence-corrected chi connectivity index (χ1v) is 7.06. The fourth-order valence-electron chi connectivity index (χ4n) is 1.51. The predicted molar refractivity (Wildman–Crippen MR) is 80.1 cm³/mol. The molecule has 0 aliphatic carbocycles. The monoisotopic (exact) mass is 332 g/mol. The summed E-state index contributed by atoms with van der Waals surface area (Å²) in [6.07, 6.45) is 0. The number of aliphatic hydroxyl groups is 1. The van der Waals surface area contributed by atoms with Gasteiger partial charge in [0.2, 0.25) is 17.7 Å². The number of amides is 3. The molecule has 0 spiro atoms. The van der Waals surface area contributed by atoms with Crippen LogP contribution in [-0.2, 0) is 19.2 Å². The first-order chi connectivity index (χ1) is 10.6. The van der Waals surface area contributed by atoms with E-state index in [4.69, 9.17) is 15.9 Å². The third-order valence-corrected chi connectivity index (χ3v) is 2.95. The molecule has 0 heterocycles. The van der Waals surface area contributed by atoms with Crippen LogP contribution in [0.15, 0.2) is 0 Å². The molecule has 132 valence electrons. The van der Waals surface area contributed by atoms with E-state index >= 15 is 0 Å². The summed E-state index contributed by atoms with van der Waals surface area (Å²) in [5.41, 5.74) is 5.27. The number of hydrogen-bond acceptors (Lipinski definition) is 6. The summed E-state index contributed by atoms with van der Waals surface area (Å²) in [5, 5.41) is 24.4. The Balaban J connectivity index is 4.58. The first kappa shape index (κ1) is 20.8. The molecule has 0 aromatic heterocycles. The zero-order chi connectivity index (χ0) is 18.2. The second-order valence-corrected chi connectivity index (χ2v) is 5.36. The van der Waals surface area contributed by atoms with E-state index in [-0.39, 0.29) is 5.92 Å². The Kier molecular flexibility index (Phi) is 8.81. The van der Waals surface area contributed by atoms with Crippen molar-refractivity contribution in [3.05, 3.63) is 0 Å². The zero-order valence-corrected chi connectivity index (χ0v) is 13.3. The van der Waals surface area contributed by atoms with Gasteiger partial charge in [-0.05, 0) is 12.8 Å². The van der Waals surface area contributed by atoms with E-state index in [0.717, 1.165) is 0 Å². The van der Waals surface area contributed by atoms with Crippen molar-refractivity contribution >= 4 is 23.7 Å². The lowest BCUT2D eigenvalue weighted by Crippen LogP contribution is -2.55. The molecule has 7 N–H and O–H groups in total. The Morgan fingerprint density at radius 3 is 2.04 bits per heavy atom. The lowest BCUT2D eigenvalue weighted by molar-refractivity contribution is -0.142. The molecule has 0 saturated carbocycles. The Hall–Kier alpha value is -2.20. The molecule has 0 aromatic carbocycles. The summed E-state index contributed by atoms with van der Waals surface area (Å²) in [7, 11) is 0. The van der Waals surface area contributed by atoms with Crippen LogP contribution < -0.4 is 21.7 Å². The summed E-state index contributed by atoms with van der Waals surface area (Å²) in [4.78, 5) is 45.8. The van der Waals surface area contributed by atoms with Crippen molar-refractivity contribution in [3.8, 4) is 0 Å². The van der Waals surface area contributed by atoms with E-state index in [0.29, 0.717) is 0 Å². The minimum absolute atomic E-state index is 0.296. The lowest BCUT2D eigenvalue weighted by atomic mass is 10.0. The van der Waals surface area contributed by atoms with E-state index in [1.54, 1.807) is 13.8 Å². The number of hydrogen-bond donors (Lipinski definition) is 6. The van der Waals surface area contributed by atoms with Crippen LogP contribution in [0.1, 0.15) is 20.8 Å². The van der Waals surface area contributed by atoms with Gasteiger partial charge < -0.3 is 31.9 Å². The fourth-order valence-corrected chi connectivity index (χ4v) is 1.51. The quantitative estimate of drug-likeness (QED) is 0.264. The Bertz CT molecular complexity index is 454. The summed E-state index contributed by atoms with van der Waals surface area (Å²) in [5.74, 6) is -3.47. The largest absolute Gasteiger partial charge is 0.480 e. The van der Waals surface area contributed by atoms with Crippen molar-refractivity contribution in [2.45, 2.75) is 38.9 Å². The standard InChI is InChI=1S/C13H24N4O6/c1-6(2)10(12(21)16-7(3)13(22)23)17-9(19)4-15-11(20)8(14)5-18/h6-8,10,18H,4-5,14H2,1-3H3,(H,15,20)(H,16,21)(H,17,19)(H,22,23). The zero-order valence-electron chi connectivity index (χ0n) is 13.3. The number of carboxylic acids is 1. The van der Waals surface area contributed by atoms with Crippen molar-refractivity contribution in [2.75, 3.05) is 13.2 Å². The van der Waals surface area contributed by atoms with Gasteiger partial charge in [-0.2, -0.15) is 0 Å². The average Bonchev–Trinajstić information content (AvgIpc) is 2.48. The SMILES string of the molecule is CC(NC(=O)C(NC(=O)CNC(=O)C(N)CO)C(C)C)C(=O)O. The highest BCUT2D eigenvalue weighted by atomic mass is 16.4. The second kappa shape index (κ2) is 9.74. The maximum absolute atomic E-state index is 12.0. The highest BCUT2D eigenvalue weighted by Crippen LogP contribution is 2.02. The van der Waals surface area contributed by atoms with Gasteiger partial charge in [-0.3, -0.25) is 19.2 Å². The lowest BCUT2D eigenvalue weighted by Gasteiger charge is -2.23. The highest BCUT2D eigenvalue weighted by molar-refractivity contribution is 5.92. The van der Waals surface area contributed by atoms with Crippen LogP contribution in [0.4, 0.5) is 0 Å². The summed E-state index contributed by atoms with van der Waals surface area (Å²) in [6, 6.07) is -3.18. The molecule has 3 amide bonds. The molecule has 10 nitrogen and oxygen atoms in total. The van der Waals surface area contributed by atoms with Crippen molar-refractivity contribution in [1.82, 2.24) is 16.0 Å². The van der Waals surface area contributed by atoms with Crippen molar-refractivity contribution in [2.24, 2.45) is 11.7 Å². The molecule has 23 heavy (non-hydrogen) atoms. The molecular weight excluding hydrogens is 308 g/mol. The Morgan fingerprint density at radius 1 is 1.04 bits per heavy atom. The van der Waals surface area contributed by atoms with Crippen molar-refractivity contribution in [1.29, 1.82) is 0 Å². The topological polar surface area (TPSA) is 171 Å². The molecule has 0 aromatic rings. The minimum atomic E-state index is -1.20. The molecule has 0 aliphatic rings. The molecule has 0 bridgehead atoms. The Labute approximate surface area is 133 Å². The van der Waals surface area contributed by atoms with Crippen LogP contribution in [-0.4, -0.2) is 65.2 Å². The fraction of sp³-hybridized carbons (Fsp3) is 0.692. The van der Waals surface area contributed by atoms with Gasteiger partial charge in [0, 0.05) is 0 Å². The number of carboxylic acid groups (broad SMARTS) is 1. The molecule has 10 heteroatoms. The highest BCUT2D eigenvalue weighted by Gasteiger charge is 2.27. The van der Waals surface area contributed by atoms with Crippen LogP contribution in [0, 0.1) is 5.92 Å². The van der Waals surface area contributed by atoms with Gasteiger partial charge in [0.05, 0.1) is 13.2 Å². The minimum Gasteiger partial charge on any atom is -0.480 e. The maximum atomic E-state index is 12.0. The van der Waals surface area contributed by atoms with Gasteiger partial charge in [-0.25, -0.2) is 0 Å². The van der Waals surface area contributed by atoms with E-state index < -0.39 is 55.0 Å².